The number of benzene rings is 2. The SMILES string of the molecule is Cc1ccccc1-c1[nH]nc2ncc(-c3ccccc3C#N)nc12. The summed E-state index contributed by atoms with van der Waals surface area (Å²) in [6.45, 7) is 2.05. The van der Waals surface area contributed by atoms with Crippen LogP contribution in [0.1, 0.15) is 11.1 Å². The van der Waals surface area contributed by atoms with Crippen molar-refractivity contribution in [1.29, 1.82) is 5.26 Å². The van der Waals surface area contributed by atoms with Crippen molar-refractivity contribution in [3.05, 3.63) is 65.9 Å². The van der Waals surface area contributed by atoms with Gasteiger partial charge in [0.2, 0.25) is 0 Å². The summed E-state index contributed by atoms with van der Waals surface area (Å²) in [4.78, 5) is 9.12. The molecule has 4 aromatic rings. The molecule has 5 nitrogen and oxygen atoms in total. The lowest BCUT2D eigenvalue weighted by Gasteiger charge is -2.05. The molecular formula is C19H13N5. The van der Waals surface area contributed by atoms with E-state index in [-0.39, 0.29) is 0 Å². The van der Waals surface area contributed by atoms with Crippen LogP contribution in [0.25, 0.3) is 33.7 Å². The van der Waals surface area contributed by atoms with Crippen LogP contribution in [0.4, 0.5) is 0 Å². The lowest BCUT2D eigenvalue weighted by molar-refractivity contribution is 1.10. The van der Waals surface area contributed by atoms with Crippen molar-refractivity contribution in [3.63, 3.8) is 0 Å². The second-order valence-electron chi connectivity index (χ2n) is 5.50. The molecule has 0 saturated carbocycles. The van der Waals surface area contributed by atoms with E-state index < -0.39 is 0 Å². The Morgan fingerprint density at radius 2 is 1.75 bits per heavy atom. The first-order valence-corrected chi connectivity index (χ1v) is 7.54. The summed E-state index contributed by atoms with van der Waals surface area (Å²) in [5.41, 5.74) is 6.29. The van der Waals surface area contributed by atoms with Gasteiger partial charge in [0, 0.05) is 11.1 Å². The van der Waals surface area contributed by atoms with Gasteiger partial charge in [0.15, 0.2) is 5.65 Å². The van der Waals surface area contributed by atoms with Gasteiger partial charge in [-0.1, -0.05) is 42.5 Å². The van der Waals surface area contributed by atoms with E-state index in [4.69, 9.17) is 4.98 Å². The van der Waals surface area contributed by atoms with Gasteiger partial charge in [0.25, 0.3) is 0 Å². The predicted molar refractivity (Wildman–Crippen MR) is 92.0 cm³/mol. The molecule has 24 heavy (non-hydrogen) atoms. The van der Waals surface area contributed by atoms with E-state index in [9.17, 15) is 5.26 Å². The molecule has 0 atom stereocenters. The molecule has 0 aliphatic heterocycles. The molecule has 0 amide bonds. The Labute approximate surface area is 138 Å². The second-order valence-corrected chi connectivity index (χ2v) is 5.50. The minimum Gasteiger partial charge on any atom is -0.273 e. The molecule has 0 spiro atoms. The van der Waals surface area contributed by atoms with Gasteiger partial charge in [0.1, 0.15) is 5.52 Å². The van der Waals surface area contributed by atoms with E-state index in [0.717, 1.165) is 22.4 Å². The third kappa shape index (κ3) is 2.22. The molecule has 0 saturated heterocycles. The maximum absolute atomic E-state index is 9.31. The van der Waals surface area contributed by atoms with Gasteiger partial charge < -0.3 is 0 Å². The summed E-state index contributed by atoms with van der Waals surface area (Å²) in [7, 11) is 0. The van der Waals surface area contributed by atoms with Crippen LogP contribution in [-0.2, 0) is 0 Å². The molecule has 4 rings (SSSR count). The highest BCUT2D eigenvalue weighted by atomic mass is 15.2. The molecule has 0 unspecified atom stereocenters. The van der Waals surface area contributed by atoms with Crippen molar-refractivity contribution in [2.45, 2.75) is 6.92 Å². The molecule has 0 radical (unpaired) electrons. The fraction of sp³-hybridized carbons (Fsp3) is 0.0526. The van der Waals surface area contributed by atoms with Crippen LogP contribution in [0.15, 0.2) is 54.7 Å². The van der Waals surface area contributed by atoms with Crippen LogP contribution in [0, 0.1) is 18.3 Å². The summed E-state index contributed by atoms with van der Waals surface area (Å²) in [6.07, 6.45) is 1.65. The van der Waals surface area contributed by atoms with Crippen LogP contribution in [0.3, 0.4) is 0 Å². The number of aromatic amines is 1. The molecule has 1 N–H and O–H groups in total. The first kappa shape index (κ1) is 14.1. The molecule has 2 aromatic carbocycles. The van der Waals surface area contributed by atoms with Crippen molar-refractivity contribution in [2.24, 2.45) is 0 Å². The molecule has 0 bridgehead atoms. The fourth-order valence-corrected chi connectivity index (χ4v) is 2.77. The van der Waals surface area contributed by atoms with Crippen LogP contribution >= 0.6 is 0 Å². The summed E-state index contributed by atoms with van der Waals surface area (Å²) < 4.78 is 0. The monoisotopic (exact) mass is 311 g/mol. The Bertz CT molecular complexity index is 1090. The van der Waals surface area contributed by atoms with Gasteiger partial charge in [-0.25, -0.2) is 9.97 Å². The van der Waals surface area contributed by atoms with Crippen LogP contribution in [-0.4, -0.2) is 20.2 Å². The van der Waals surface area contributed by atoms with Gasteiger partial charge in [-0.3, -0.25) is 5.10 Å². The normalized spacial score (nSPS) is 10.7. The standard InChI is InChI=1S/C19H13N5/c1-12-6-2-4-8-14(12)17-18-19(24-23-17)21-11-16(22-18)15-9-5-3-7-13(15)10-20/h2-9,11H,1H3,(H,21,23,24). The third-order valence-electron chi connectivity index (χ3n) is 4.00. The Morgan fingerprint density at radius 1 is 1.00 bits per heavy atom. The first-order valence-electron chi connectivity index (χ1n) is 7.54. The zero-order chi connectivity index (χ0) is 16.5. The van der Waals surface area contributed by atoms with Crippen molar-refractivity contribution < 1.29 is 0 Å². The molecule has 2 aromatic heterocycles. The number of fused-ring (bicyclic) bond motifs is 1. The topological polar surface area (TPSA) is 78.2 Å². The molecule has 0 aliphatic rings. The van der Waals surface area contributed by atoms with Gasteiger partial charge >= 0.3 is 0 Å². The lowest BCUT2D eigenvalue weighted by atomic mass is 10.0. The molecule has 114 valence electrons. The highest BCUT2D eigenvalue weighted by molar-refractivity contribution is 5.89. The minimum absolute atomic E-state index is 0.562. The summed E-state index contributed by atoms with van der Waals surface area (Å²) in [5.74, 6) is 0. The first-order chi connectivity index (χ1) is 11.8. The van der Waals surface area contributed by atoms with Crippen LogP contribution < -0.4 is 0 Å². The third-order valence-corrected chi connectivity index (χ3v) is 4.00. The Morgan fingerprint density at radius 3 is 2.54 bits per heavy atom. The highest BCUT2D eigenvalue weighted by Gasteiger charge is 2.14. The molecule has 2 heterocycles. The van der Waals surface area contributed by atoms with E-state index in [1.807, 2.05) is 49.4 Å². The zero-order valence-corrected chi connectivity index (χ0v) is 13.0. The number of aromatic nitrogens is 4. The second kappa shape index (κ2) is 5.60. The van der Waals surface area contributed by atoms with Gasteiger partial charge in [-0.2, -0.15) is 10.4 Å². The molecule has 0 fully saturated rings. The number of hydrogen-bond acceptors (Lipinski definition) is 4. The number of rotatable bonds is 2. The summed E-state index contributed by atoms with van der Waals surface area (Å²) in [6, 6.07) is 17.6. The zero-order valence-electron chi connectivity index (χ0n) is 13.0. The Kier molecular flexibility index (Phi) is 3.29. The Hall–Kier alpha value is -3.52. The fourth-order valence-electron chi connectivity index (χ4n) is 2.77. The van der Waals surface area contributed by atoms with Gasteiger partial charge in [-0.05, 0) is 18.6 Å². The average Bonchev–Trinajstić information content (AvgIpc) is 3.05. The summed E-state index contributed by atoms with van der Waals surface area (Å²) in [5, 5.41) is 16.6. The number of nitrogens with one attached hydrogen (secondary N) is 1. The Balaban J connectivity index is 1.95. The number of aryl methyl sites for hydroxylation is 1. The van der Waals surface area contributed by atoms with Gasteiger partial charge in [0.05, 0.1) is 29.2 Å². The maximum Gasteiger partial charge on any atom is 0.200 e. The van der Waals surface area contributed by atoms with Crippen molar-refractivity contribution in [2.75, 3.05) is 0 Å². The van der Waals surface area contributed by atoms with E-state index in [1.54, 1.807) is 12.3 Å². The smallest absolute Gasteiger partial charge is 0.200 e. The van der Waals surface area contributed by atoms with Crippen LogP contribution in [0.2, 0.25) is 0 Å². The molecule has 0 aliphatic carbocycles. The summed E-state index contributed by atoms with van der Waals surface area (Å²) >= 11 is 0. The number of H-pyrrole nitrogens is 1. The van der Waals surface area contributed by atoms with Crippen molar-refractivity contribution >= 4 is 11.2 Å². The molecular weight excluding hydrogens is 298 g/mol. The number of nitrogens with zero attached hydrogens (tertiary/aromatic N) is 4. The number of hydrogen-bond donors (Lipinski definition) is 1. The predicted octanol–water partition coefficient (Wildman–Crippen LogP) is 3.87. The van der Waals surface area contributed by atoms with E-state index in [0.29, 0.717) is 22.4 Å². The number of nitriles is 1. The van der Waals surface area contributed by atoms with Crippen molar-refractivity contribution in [1.82, 2.24) is 20.2 Å². The van der Waals surface area contributed by atoms with Crippen molar-refractivity contribution in [3.8, 4) is 28.6 Å². The van der Waals surface area contributed by atoms with Gasteiger partial charge in [-0.15, -0.1) is 0 Å². The van der Waals surface area contributed by atoms with E-state index in [1.165, 1.54) is 0 Å². The highest BCUT2D eigenvalue weighted by Crippen LogP contribution is 2.29. The average molecular weight is 311 g/mol. The largest absolute Gasteiger partial charge is 0.273 e. The van der Waals surface area contributed by atoms with E-state index in [2.05, 4.69) is 21.3 Å². The maximum atomic E-state index is 9.31. The minimum atomic E-state index is 0.562. The quantitative estimate of drug-likeness (QED) is 0.609. The van der Waals surface area contributed by atoms with Crippen LogP contribution in [0.5, 0.6) is 0 Å². The van der Waals surface area contributed by atoms with E-state index >= 15 is 0 Å². The molecule has 5 heteroatoms. The lowest BCUT2D eigenvalue weighted by Crippen LogP contribution is -1.91.